The molecule has 3 rings (SSSR count). The molecular formula is C10H13F2N3. The Morgan fingerprint density at radius 2 is 2.07 bits per heavy atom. The number of hydrogen-bond acceptors (Lipinski definition) is 2. The average molecular weight is 213 g/mol. The van der Waals surface area contributed by atoms with Crippen molar-refractivity contribution < 1.29 is 8.78 Å². The van der Waals surface area contributed by atoms with E-state index in [1.54, 1.807) is 17.1 Å². The molecule has 5 heteroatoms. The molecule has 82 valence electrons. The number of aromatic nitrogens is 2. The van der Waals surface area contributed by atoms with Gasteiger partial charge in [0.05, 0.1) is 17.9 Å². The Morgan fingerprint density at radius 1 is 1.40 bits per heavy atom. The molecule has 3 nitrogen and oxygen atoms in total. The third-order valence-electron chi connectivity index (χ3n) is 3.60. The van der Waals surface area contributed by atoms with Gasteiger partial charge in [-0.2, -0.15) is 5.10 Å². The lowest BCUT2D eigenvalue weighted by atomic mass is 9.52. The van der Waals surface area contributed by atoms with Gasteiger partial charge in [0.15, 0.2) is 0 Å². The van der Waals surface area contributed by atoms with E-state index in [9.17, 15) is 8.78 Å². The molecule has 2 aliphatic carbocycles. The van der Waals surface area contributed by atoms with E-state index < -0.39 is 5.92 Å². The molecule has 2 saturated carbocycles. The zero-order valence-electron chi connectivity index (χ0n) is 8.29. The second-order valence-electron chi connectivity index (χ2n) is 5.03. The summed E-state index contributed by atoms with van der Waals surface area (Å²) in [5.74, 6) is -2.41. The second kappa shape index (κ2) is 2.51. The van der Waals surface area contributed by atoms with E-state index in [1.165, 1.54) is 0 Å². The minimum absolute atomic E-state index is 0.0627. The Bertz CT molecular complexity index is 383. The van der Waals surface area contributed by atoms with Crippen LogP contribution in [0.5, 0.6) is 0 Å². The highest BCUT2D eigenvalue weighted by atomic mass is 19.3. The maximum atomic E-state index is 12.7. The molecule has 1 aromatic rings. The molecule has 0 radical (unpaired) electrons. The predicted octanol–water partition coefficient (Wildman–Crippen LogP) is 2.22. The average Bonchev–Trinajstić information content (AvgIpc) is 2.42. The van der Waals surface area contributed by atoms with Crippen molar-refractivity contribution in [3.05, 3.63) is 12.4 Å². The SMILES string of the molecule is Nc1cnn(C2CC3(C2)CC(F)(F)C3)c1. The maximum absolute atomic E-state index is 12.7. The summed E-state index contributed by atoms with van der Waals surface area (Å²) < 4.78 is 27.3. The van der Waals surface area contributed by atoms with Crippen molar-refractivity contribution in [2.24, 2.45) is 5.41 Å². The van der Waals surface area contributed by atoms with Gasteiger partial charge in [-0.25, -0.2) is 8.78 Å². The molecule has 0 atom stereocenters. The van der Waals surface area contributed by atoms with Crippen LogP contribution in [-0.4, -0.2) is 15.7 Å². The Balaban J connectivity index is 1.63. The zero-order chi connectivity index (χ0) is 10.7. The fourth-order valence-electron chi connectivity index (χ4n) is 3.01. The third kappa shape index (κ3) is 1.33. The van der Waals surface area contributed by atoms with E-state index in [0.717, 1.165) is 12.8 Å². The Hall–Kier alpha value is -1.13. The van der Waals surface area contributed by atoms with Crippen molar-refractivity contribution in [1.29, 1.82) is 0 Å². The van der Waals surface area contributed by atoms with Gasteiger partial charge in [-0.3, -0.25) is 4.68 Å². The Morgan fingerprint density at radius 3 is 2.53 bits per heavy atom. The summed E-state index contributed by atoms with van der Waals surface area (Å²) in [4.78, 5) is 0. The molecule has 15 heavy (non-hydrogen) atoms. The first-order valence-corrected chi connectivity index (χ1v) is 5.16. The molecule has 0 aliphatic heterocycles. The molecule has 0 saturated heterocycles. The fraction of sp³-hybridized carbons (Fsp3) is 0.700. The molecule has 0 unspecified atom stereocenters. The number of nitrogens with two attached hydrogens (primary N) is 1. The van der Waals surface area contributed by atoms with Crippen LogP contribution in [0, 0.1) is 5.41 Å². The summed E-state index contributed by atoms with van der Waals surface area (Å²) in [6.07, 6.45) is 5.14. The first kappa shape index (κ1) is 9.12. The van der Waals surface area contributed by atoms with E-state index in [2.05, 4.69) is 5.10 Å². The van der Waals surface area contributed by atoms with Crippen LogP contribution in [0.25, 0.3) is 0 Å². The van der Waals surface area contributed by atoms with Gasteiger partial charge in [0, 0.05) is 19.0 Å². The quantitative estimate of drug-likeness (QED) is 0.777. The lowest BCUT2D eigenvalue weighted by Crippen LogP contribution is -2.53. The van der Waals surface area contributed by atoms with Gasteiger partial charge >= 0.3 is 0 Å². The monoisotopic (exact) mass is 213 g/mol. The van der Waals surface area contributed by atoms with E-state index in [-0.39, 0.29) is 24.3 Å². The van der Waals surface area contributed by atoms with Crippen LogP contribution < -0.4 is 5.73 Å². The van der Waals surface area contributed by atoms with E-state index in [1.807, 2.05) is 0 Å². The van der Waals surface area contributed by atoms with Gasteiger partial charge in [0.25, 0.3) is 0 Å². The molecule has 1 spiro atoms. The van der Waals surface area contributed by atoms with Crippen LogP contribution in [0.3, 0.4) is 0 Å². The molecule has 0 bridgehead atoms. The van der Waals surface area contributed by atoms with Crippen LogP contribution in [0.2, 0.25) is 0 Å². The van der Waals surface area contributed by atoms with Gasteiger partial charge in [-0.1, -0.05) is 0 Å². The van der Waals surface area contributed by atoms with Crippen LogP contribution in [-0.2, 0) is 0 Å². The maximum Gasteiger partial charge on any atom is 0.249 e. The third-order valence-corrected chi connectivity index (χ3v) is 3.60. The van der Waals surface area contributed by atoms with Crippen LogP contribution in [0.15, 0.2) is 12.4 Å². The molecule has 0 aromatic carbocycles. The Kier molecular flexibility index (Phi) is 1.53. The predicted molar refractivity (Wildman–Crippen MR) is 51.5 cm³/mol. The molecule has 1 heterocycles. The number of halogens is 2. The van der Waals surface area contributed by atoms with Crippen LogP contribution in [0.1, 0.15) is 31.7 Å². The van der Waals surface area contributed by atoms with Crippen LogP contribution in [0.4, 0.5) is 14.5 Å². The minimum atomic E-state index is -2.41. The highest BCUT2D eigenvalue weighted by Crippen LogP contribution is 2.65. The first-order valence-electron chi connectivity index (χ1n) is 5.16. The summed E-state index contributed by atoms with van der Waals surface area (Å²) in [5, 5.41) is 4.10. The molecule has 2 N–H and O–H groups in total. The summed E-state index contributed by atoms with van der Waals surface area (Å²) in [7, 11) is 0. The number of alkyl halides is 2. The smallest absolute Gasteiger partial charge is 0.249 e. The minimum Gasteiger partial charge on any atom is -0.396 e. The van der Waals surface area contributed by atoms with Crippen LogP contribution >= 0.6 is 0 Å². The summed E-state index contributed by atoms with van der Waals surface area (Å²) >= 11 is 0. The van der Waals surface area contributed by atoms with Gasteiger partial charge in [0.2, 0.25) is 5.92 Å². The van der Waals surface area contributed by atoms with Gasteiger partial charge in [-0.15, -0.1) is 0 Å². The highest BCUT2D eigenvalue weighted by molar-refractivity contribution is 5.31. The topological polar surface area (TPSA) is 43.8 Å². The largest absolute Gasteiger partial charge is 0.396 e. The number of rotatable bonds is 1. The summed E-state index contributed by atoms with van der Waals surface area (Å²) in [5.41, 5.74) is 6.09. The number of nitrogen functional groups attached to an aromatic ring is 1. The lowest BCUT2D eigenvalue weighted by molar-refractivity contribution is -0.204. The number of nitrogens with zero attached hydrogens (tertiary/aromatic N) is 2. The van der Waals surface area contributed by atoms with Crippen molar-refractivity contribution >= 4 is 5.69 Å². The first-order chi connectivity index (χ1) is 6.98. The standard InChI is InChI=1S/C10H13F2N3/c11-10(12)5-9(6-10)1-8(2-9)15-4-7(13)3-14-15/h3-4,8H,1-2,5-6,13H2. The molecule has 0 amide bonds. The van der Waals surface area contributed by atoms with Crippen molar-refractivity contribution in [1.82, 2.24) is 9.78 Å². The van der Waals surface area contributed by atoms with Crippen molar-refractivity contribution in [3.63, 3.8) is 0 Å². The van der Waals surface area contributed by atoms with Crippen molar-refractivity contribution in [2.75, 3.05) is 5.73 Å². The molecule has 2 fully saturated rings. The molecular weight excluding hydrogens is 200 g/mol. The van der Waals surface area contributed by atoms with Gasteiger partial charge in [0.1, 0.15) is 0 Å². The van der Waals surface area contributed by atoms with E-state index in [4.69, 9.17) is 5.73 Å². The summed E-state index contributed by atoms with van der Waals surface area (Å²) in [6.45, 7) is 0. The van der Waals surface area contributed by atoms with Gasteiger partial charge < -0.3 is 5.73 Å². The second-order valence-corrected chi connectivity index (χ2v) is 5.03. The lowest BCUT2D eigenvalue weighted by Gasteiger charge is -2.57. The normalized spacial score (nSPS) is 27.3. The number of hydrogen-bond donors (Lipinski definition) is 1. The molecule has 2 aliphatic rings. The Labute approximate surface area is 86.3 Å². The van der Waals surface area contributed by atoms with Crippen molar-refractivity contribution in [2.45, 2.75) is 37.6 Å². The summed E-state index contributed by atoms with van der Waals surface area (Å²) in [6, 6.07) is 0.276. The van der Waals surface area contributed by atoms with E-state index >= 15 is 0 Å². The van der Waals surface area contributed by atoms with Gasteiger partial charge in [-0.05, 0) is 18.3 Å². The van der Waals surface area contributed by atoms with E-state index in [0.29, 0.717) is 5.69 Å². The highest BCUT2D eigenvalue weighted by Gasteiger charge is 2.62. The molecule has 1 aromatic heterocycles. The fourth-order valence-corrected chi connectivity index (χ4v) is 3.01. The zero-order valence-corrected chi connectivity index (χ0v) is 8.29. The number of anilines is 1. The van der Waals surface area contributed by atoms with Crippen molar-refractivity contribution in [3.8, 4) is 0 Å².